The van der Waals surface area contributed by atoms with E-state index in [2.05, 4.69) is 17.0 Å². The van der Waals surface area contributed by atoms with Crippen molar-refractivity contribution in [1.29, 1.82) is 0 Å². The zero-order chi connectivity index (χ0) is 17.6. The smallest absolute Gasteiger partial charge is 0.320 e. The van der Waals surface area contributed by atoms with Gasteiger partial charge in [-0.05, 0) is 37.1 Å². The predicted molar refractivity (Wildman–Crippen MR) is 96.8 cm³/mol. The number of carbonyl (C=O) groups excluding carboxylic acids is 1. The molecule has 3 rings (SSSR count). The van der Waals surface area contributed by atoms with E-state index in [1.54, 1.807) is 7.11 Å². The van der Waals surface area contributed by atoms with Crippen LogP contribution in [0.5, 0.6) is 5.75 Å². The molecule has 0 bridgehead atoms. The van der Waals surface area contributed by atoms with E-state index in [-0.39, 0.29) is 12.1 Å². The molecule has 2 aliphatic rings. The second kappa shape index (κ2) is 8.54. The number of piperidine rings is 1. The van der Waals surface area contributed by atoms with E-state index >= 15 is 0 Å². The highest BCUT2D eigenvalue weighted by molar-refractivity contribution is 5.74. The number of likely N-dealkylation sites (N-methyl/N-ethyl adjacent to an activating group) is 1. The molecule has 0 saturated carbocycles. The second-order valence-electron chi connectivity index (χ2n) is 6.88. The van der Waals surface area contributed by atoms with Gasteiger partial charge in [0.15, 0.2) is 0 Å². The Hall–Kier alpha value is -1.79. The van der Waals surface area contributed by atoms with E-state index < -0.39 is 0 Å². The number of hydrogen-bond donors (Lipinski definition) is 0. The normalized spacial score (nSPS) is 21.8. The monoisotopic (exact) mass is 347 g/mol. The third kappa shape index (κ3) is 4.64. The first kappa shape index (κ1) is 18.0. The minimum Gasteiger partial charge on any atom is -0.497 e. The van der Waals surface area contributed by atoms with Crippen molar-refractivity contribution in [2.24, 2.45) is 0 Å². The van der Waals surface area contributed by atoms with Crippen LogP contribution in [0.2, 0.25) is 0 Å². The molecule has 1 aromatic carbocycles. The summed E-state index contributed by atoms with van der Waals surface area (Å²) in [6.07, 6.45) is 2.19. The molecule has 0 aliphatic carbocycles. The number of amides is 2. The van der Waals surface area contributed by atoms with Crippen molar-refractivity contribution in [2.75, 3.05) is 53.6 Å². The molecule has 2 heterocycles. The van der Waals surface area contributed by atoms with E-state index in [1.807, 2.05) is 29.0 Å². The van der Waals surface area contributed by atoms with Crippen molar-refractivity contribution in [3.8, 4) is 5.75 Å². The summed E-state index contributed by atoms with van der Waals surface area (Å²) in [5.74, 6) is 0.894. The first-order valence-corrected chi connectivity index (χ1v) is 9.12. The minimum atomic E-state index is 0.136. The van der Waals surface area contributed by atoms with Gasteiger partial charge in [-0.25, -0.2) is 4.79 Å². The maximum atomic E-state index is 12.7. The van der Waals surface area contributed by atoms with Crippen LogP contribution in [0.25, 0.3) is 0 Å². The molecule has 6 heteroatoms. The number of likely N-dealkylation sites (tertiary alicyclic amines) is 1. The molecule has 0 aromatic heterocycles. The minimum absolute atomic E-state index is 0.136. The summed E-state index contributed by atoms with van der Waals surface area (Å²) in [4.78, 5) is 19.0. The van der Waals surface area contributed by atoms with Crippen LogP contribution in [-0.2, 0) is 11.3 Å². The number of carbonyl (C=O) groups is 1. The van der Waals surface area contributed by atoms with Crippen LogP contribution in [0.4, 0.5) is 4.79 Å². The van der Waals surface area contributed by atoms with Crippen LogP contribution in [0, 0.1) is 0 Å². The predicted octanol–water partition coefficient (Wildman–Crippen LogP) is 2.04. The van der Waals surface area contributed by atoms with Gasteiger partial charge >= 0.3 is 6.03 Å². The Morgan fingerprint density at radius 1 is 1.32 bits per heavy atom. The van der Waals surface area contributed by atoms with E-state index in [9.17, 15) is 4.79 Å². The van der Waals surface area contributed by atoms with Crippen molar-refractivity contribution in [2.45, 2.75) is 25.4 Å². The van der Waals surface area contributed by atoms with Gasteiger partial charge in [-0.2, -0.15) is 0 Å². The molecule has 25 heavy (non-hydrogen) atoms. The summed E-state index contributed by atoms with van der Waals surface area (Å²) < 4.78 is 10.7. The largest absolute Gasteiger partial charge is 0.497 e. The fraction of sp³-hybridized carbons (Fsp3) is 0.632. The summed E-state index contributed by atoms with van der Waals surface area (Å²) in [6, 6.07) is 8.63. The highest BCUT2D eigenvalue weighted by atomic mass is 16.5. The molecule has 2 saturated heterocycles. The maximum absolute atomic E-state index is 12.7. The Bertz CT molecular complexity index is 575. The van der Waals surface area contributed by atoms with Gasteiger partial charge in [-0.3, -0.25) is 4.90 Å². The number of benzene rings is 1. The fourth-order valence-electron chi connectivity index (χ4n) is 3.65. The summed E-state index contributed by atoms with van der Waals surface area (Å²) in [7, 11) is 3.64. The van der Waals surface area contributed by atoms with Crippen LogP contribution in [0.3, 0.4) is 0 Å². The average Bonchev–Trinajstić information content (AvgIpc) is 2.68. The number of rotatable bonds is 4. The maximum Gasteiger partial charge on any atom is 0.320 e. The lowest BCUT2D eigenvalue weighted by Gasteiger charge is -2.40. The van der Waals surface area contributed by atoms with Crippen LogP contribution >= 0.6 is 0 Å². The van der Waals surface area contributed by atoms with Crippen LogP contribution in [0.1, 0.15) is 18.4 Å². The Kier molecular flexibility index (Phi) is 6.15. The standard InChI is InChI=1S/C19H29N3O3/c1-20(19(23)22-9-11-25-12-10-22)17-6-4-8-21(15-17)14-16-5-3-7-18(13-16)24-2/h3,5,7,13,17H,4,6,8-12,14-15H2,1-2H3. The zero-order valence-corrected chi connectivity index (χ0v) is 15.3. The Balaban J connectivity index is 1.57. The number of ether oxygens (including phenoxy) is 2. The Labute approximate surface area is 150 Å². The molecule has 0 spiro atoms. The third-order valence-corrected chi connectivity index (χ3v) is 5.15. The van der Waals surface area contributed by atoms with Gasteiger partial charge in [-0.1, -0.05) is 12.1 Å². The fourth-order valence-corrected chi connectivity index (χ4v) is 3.65. The number of morpholine rings is 1. The van der Waals surface area contributed by atoms with Gasteiger partial charge in [0.05, 0.1) is 20.3 Å². The topological polar surface area (TPSA) is 45.2 Å². The van der Waals surface area contributed by atoms with Crippen molar-refractivity contribution in [1.82, 2.24) is 14.7 Å². The molecule has 1 unspecified atom stereocenters. The highest BCUT2D eigenvalue weighted by Gasteiger charge is 2.29. The van der Waals surface area contributed by atoms with Crippen LogP contribution < -0.4 is 4.74 Å². The summed E-state index contributed by atoms with van der Waals surface area (Å²) in [6.45, 7) is 5.58. The molecule has 0 radical (unpaired) electrons. The number of urea groups is 1. The quantitative estimate of drug-likeness (QED) is 0.836. The molecule has 6 nitrogen and oxygen atoms in total. The molecule has 1 aromatic rings. The van der Waals surface area contributed by atoms with Crippen molar-refractivity contribution in [3.63, 3.8) is 0 Å². The molecular weight excluding hydrogens is 318 g/mol. The number of nitrogens with zero attached hydrogens (tertiary/aromatic N) is 3. The summed E-state index contributed by atoms with van der Waals surface area (Å²) >= 11 is 0. The molecule has 1 atom stereocenters. The van der Waals surface area contributed by atoms with Crippen molar-refractivity contribution >= 4 is 6.03 Å². The van der Waals surface area contributed by atoms with E-state index in [1.165, 1.54) is 5.56 Å². The van der Waals surface area contributed by atoms with E-state index in [4.69, 9.17) is 9.47 Å². The molecule has 138 valence electrons. The van der Waals surface area contributed by atoms with Crippen LogP contribution in [0.15, 0.2) is 24.3 Å². The van der Waals surface area contributed by atoms with E-state index in [0.29, 0.717) is 26.3 Å². The third-order valence-electron chi connectivity index (χ3n) is 5.15. The molecule has 2 fully saturated rings. The molecular formula is C19H29N3O3. The summed E-state index contributed by atoms with van der Waals surface area (Å²) in [5, 5.41) is 0. The van der Waals surface area contributed by atoms with Gasteiger partial charge in [0.1, 0.15) is 5.75 Å². The molecule has 0 N–H and O–H groups in total. The van der Waals surface area contributed by atoms with E-state index in [0.717, 1.165) is 38.2 Å². The zero-order valence-electron chi connectivity index (χ0n) is 15.3. The highest BCUT2D eigenvalue weighted by Crippen LogP contribution is 2.20. The second-order valence-corrected chi connectivity index (χ2v) is 6.88. The van der Waals surface area contributed by atoms with Crippen molar-refractivity contribution < 1.29 is 14.3 Å². The first-order valence-electron chi connectivity index (χ1n) is 9.12. The van der Waals surface area contributed by atoms with Crippen LogP contribution in [-0.4, -0.2) is 80.3 Å². The van der Waals surface area contributed by atoms with Gasteiger partial charge in [-0.15, -0.1) is 0 Å². The lowest BCUT2D eigenvalue weighted by atomic mass is 10.0. The Morgan fingerprint density at radius 2 is 2.12 bits per heavy atom. The Morgan fingerprint density at radius 3 is 2.88 bits per heavy atom. The lowest BCUT2D eigenvalue weighted by molar-refractivity contribution is 0.0365. The summed E-state index contributed by atoms with van der Waals surface area (Å²) in [5.41, 5.74) is 1.25. The van der Waals surface area contributed by atoms with Gasteiger partial charge in [0.2, 0.25) is 0 Å². The average molecular weight is 347 g/mol. The van der Waals surface area contributed by atoms with Gasteiger partial charge < -0.3 is 19.3 Å². The number of hydrogen-bond acceptors (Lipinski definition) is 4. The molecule has 2 amide bonds. The first-order chi connectivity index (χ1) is 12.2. The lowest BCUT2D eigenvalue weighted by Crippen LogP contribution is -2.54. The van der Waals surface area contributed by atoms with Crippen molar-refractivity contribution in [3.05, 3.63) is 29.8 Å². The molecule has 2 aliphatic heterocycles. The number of methoxy groups -OCH3 is 1. The van der Waals surface area contributed by atoms with Gasteiger partial charge in [0.25, 0.3) is 0 Å². The van der Waals surface area contributed by atoms with Gasteiger partial charge in [0, 0.05) is 39.3 Å². The SMILES string of the molecule is COc1cccc(CN2CCCC(N(C)C(=O)N3CCOCC3)C2)c1.